The molecule has 2 aromatic carbocycles. The number of hydrogen-bond donors (Lipinski definition) is 2. The predicted molar refractivity (Wildman–Crippen MR) is 132 cm³/mol. The molecule has 1 heterocycles. The second kappa shape index (κ2) is 12.0. The standard InChI is InChI=1S/C27H27F3N2O6/c1-15-12-17(4-6-18(15)28)25-21(36-2)8-9-23(32-25)27(35,26(29)30)11-10-19(33)16-5-7-20(22(13-16)37-3)38-14-24(31)34/h4-9,12-13,26,35H,10-11,14H2,1-3H3,(H2,31,34)/t27-/m0/s1. The molecule has 0 spiro atoms. The van der Waals surface area contributed by atoms with Crippen molar-refractivity contribution in [3.63, 3.8) is 0 Å². The smallest absolute Gasteiger partial charge is 0.272 e. The summed E-state index contributed by atoms with van der Waals surface area (Å²) in [5.74, 6) is -1.17. The van der Waals surface area contributed by atoms with Gasteiger partial charge in [-0.3, -0.25) is 9.59 Å². The van der Waals surface area contributed by atoms with Crippen LogP contribution in [0.25, 0.3) is 11.3 Å². The molecule has 3 N–H and O–H groups in total. The number of alkyl halides is 2. The van der Waals surface area contributed by atoms with Crippen LogP contribution in [0.4, 0.5) is 13.2 Å². The number of halogens is 3. The van der Waals surface area contributed by atoms with Crippen LogP contribution >= 0.6 is 0 Å². The molecule has 8 nitrogen and oxygen atoms in total. The van der Waals surface area contributed by atoms with Crippen LogP contribution in [0.1, 0.15) is 34.5 Å². The third-order valence-electron chi connectivity index (χ3n) is 5.90. The van der Waals surface area contributed by atoms with Gasteiger partial charge in [0.2, 0.25) is 0 Å². The Hall–Kier alpha value is -4.12. The van der Waals surface area contributed by atoms with Gasteiger partial charge in [-0.1, -0.05) is 0 Å². The van der Waals surface area contributed by atoms with Gasteiger partial charge in [-0.2, -0.15) is 0 Å². The summed E-state index contributed by atoms with van der Waals surface area (Å²) in [5.41, 5.74) is 2.90. The minimum absolute atomic E-state index is 0.120. The minimum Gasteiger partial charge on any atom is -0.494 e. The maximum atomic E-state index is 14.2. The lowest BCUT2D eigenvalue weighted by Crippen LogP contribution is -2.36. The highest BCUT2D eigenvalue weighted by atomic mass is 19.3. The fraction of sp³-hybridized carbons (Fsp3) is 0.296. The van der Waals surface area contributed by atoms with Crippen LogP contribution in [0.3, 0.4) is 0 Å². The van der Waals surface area contributed by atoms with E-state index in [2.05, 4.69) is 4.98 Å². The number of ketones is 1. The van der Waals surface area contributed by atoms with Gasteiger partial charge in [-0.15, -0.1) is 0 Å². The van der Waals surface area contributed by atoms with Crippen LogP contribution < -0.4 is 19.9 Å². The zero-order chi connectivity index (χ0) is 28.0. The van der Waals surface area contributed by atoms with Gasteiger partial charge >= 0.3 is 0 Å². The molecule has 1 aromatic heterocycles. The average molecular weight is 533 g/mol. The first kappa shape index (κ1) is 28.5. The number of ether oxygens (including phenoxy) is 3. The number of carbonyl (C=O) groups is 2. The van der Waals surface area contributed by atoms with Crippen LogP contribution in [0.2, 0.25) is 0 Å². The number of benzene rings is 2. The van der Waals surface area contributed by atoms with Gasteiger partial charge in [-0.25, -0.2) is 18.2 Å². The van der Waals surface area contributed by atoms with Crippen molar-refractivity contribution in [1.82, 2.24) is 4.98 Å². The second-order valence-electron chi connectivity index (χ2n) is 8.48. The van der Waals surface area contributed by atoms with Crippen LogP contribution in [0.15, 0.2) is 48.5 Å². The van der Waals surface area contributed by atoms with Gasteiger partial charge in [0.1, 0.15) is 17.3 Å². The molecule has 0 aliphatic rings. The fourth-order valence-corrected chi connectivity index (χ4v) is 3.76. The summed E-state index contributed by atoms with van der Waals surface area (Å²) in [6.45, 7) is 1.14. The first-order valence-electron chi connectivity index (χ1n) is 11.4. The molecule has 0 aliphatic heterocycles. The number of amides is 1. The number of Topliss-reactive ketones (excluding diaryl/α,β-unsaturated/α-hetero) is 1. The fourth-order valence-electron chi connectivity index (χ4n) is 3.76. The molecular weight excluding hydrogens is 505 g/mol. The molecule has 0 aliphatic carbocycles. The Morgan fingerprint density at radius 1 is 1.03 bits per heavy atom. The summed E-state index contributed by atoms with van der Waals surface area (Å²) in [7, 11) is 2.69. The SMILES string of the molecule is COc1cc(C(=O)CC[C@](O)(c2ccc(OC)c(-c3ccc(F)c(C)c3)n2)C(F)F)ccc1OCC(N)=O. The molecule has 1 amide bonds. The van der Waals surface area contributed by atoms with E-state index in [9.17, 15) is 27.9 Å². The zero-order valence-corrected chi connectivity index (χ0v) is 21.0. The van der Waals surface area contributed by atoms with Crippen molar-refractivity contribution in [2.24, 2.45) is 5.73 Å². The van der Waals surface area contributed by atoms with Crippen molar-refractivity contribution in [3.05, 3.63) is 71.2 Å². The number of methoxy groups -OCH3 is 2. The third kappa shape index (κ3) is 6.23. The van der Waals surface area contributed by atoms with Crippen LogP contribution in [-0.2, 0) is 10.4 Å². The maximum absolute atomic E-state index is 14.2. The minimum atomic E-state index is -3.28. The van der Waals surface area contributed by atoms with Gasteiger partial charge < -0.3 is 25.1 Å². The van der Waals surface area contributed by atoms with E-state index >= 15 is 0 Å². The summed E-state index contributed by atoms with van der Waals surface area (Å²) in [5, 5.41) is 11.0. The molecule has 3 aromatic rings. The molecule has 0 fully saturated rings. The molecule has 0 saturated heterocycles. The number of carbonyl (C=O) groups excluding carboxylic acids is 2. The molecule has 1 atom stereocenters. The molecule has 3 rings (SSSR count). The summed E-state index contributed by atoms with van der Waals surface area (Å²) in [4.78, 5) is 28.0. The molecule has 38 heavy (non-hydrogen) atoms. The summed E-state index contributed by atoms with van der Waals surface area (Å²) in [6, 6.07) is 10.8. The molecule has 0 saturated carbocycles. The van der Waals surface area contributed by atoms with E-state index in [-0.39, 0.29) is 34.2 Å². The van der Waals surface area contributed by atoms with Crippen molar-refractivity contribution in [1.29, 1.82) is 0 Å². The Labute approximate surface area is 217 Å². The van der Waals surface area contributed by atoms with Crippen LogP contribution in [0, 0.1) is 12.7 Å². The Morgan fingerprint density at radius 2 is 1.71 bits per heavy atom. The number of nitrogens with two attached hydrogens (primary N) is 1. The number of aromatic nitrogens is 1. The largest absolute Gasteiger partial charge is 0.494 e. The highest BCUT2D eigenvalue weighted by Crippen LogP contribution is 2.37. The topological polar surface area (TPSA) is 121 Å². The number of pyridine rings is 1. The Morgan fingerprint density at radius 3 is 2.32 bits per heavy atom. The number of aryl methyl sites for hydroxylation is 1. The lowest BCUT2D eigenvalue weighted by molar-refractivity contribution is -0.119. The average Bonchev–Trinajstić information content (AvgIpc) is 2.91. The Balaban J connectivity index is 1.88. The van der Waals surface area contributed by atoms with Gasteiger partial charge in [0.05, 0.1) is 19.9 Å². The zero-order valence-electron chi connectivity index (χ0n) is 21.0. The monoisotopic (exact) mass is 532 g/mol. The quantitative estimate of drug-likeness (QED) is 0.336. The predicted octanol–water partition coefficient (Wildman–Crippen LogP) is 4.19. The normalized spacial score (nSPS) is 12.6. The highest BCUT2D eigenvalue weighted by molar-refractivity contribution is 5.96. The maximum Gasteiger partial charge on any atom is 0.272 e. The Kier molecular flexibility index (Phi) is 8.95. The van der Waals surface area contributed by atoms with E-state index in [1.165, 1.54) is 62.8 Å². The van der Waals surface area contributed by atoms with Crippen LogP contribution in [-0.4, -0.2) is 49.0 Å². The molecule has 202 valence electrons. The number of rotatable bonds is 12. The number of nitrogens with zero attached hydrogens (tertiary/aromatic N) is 1. The third-order valence-corrected chi connectivity index (χ3v) is 5.90. The van der Waals surface area contributed by atoms with E-state index < -0.39 is 49.0 Å². The Bertz CT molecular complexity index is 1330. The first-order valence-corrected chi connectivity index (χ1v) is 11.4. The summed E-state index contributed by atoms with van der Waals surface area (Å²) in [6.07, 6.45) is -4.38. The molecule has 0 bridgehead atoms. The van der Waals surface area contributed by atoms with E-state index in [1.54, 1.807) is 6.92 Å². The molecule has 11 heteroatoms. The molecule has 0 unspecified atom stereocenters. The lowest BCUT2D eigenvalue weighted by Gasteiger charge is -2.27. The number of aliphatic hydroxyl groups is 1. The second-order valence-corrected chi connectivity index (χ2v) is 8.48. The molecular formula is C27H27F3N2O6. The van der Waals surface area contributed by atoms with Crippen molar-refractivity contribution >= 4 is 11.7 Å². The number of hydrogen-bond acceptors (Lipinski definition) is 7. The van der Waals surface area contributed by atoms with E-state index in [0.29, 0.717) is 11.1 Å². The highest BCUT2D eigenvalue weighted by Gasteiger charge is 2.42. The number of primary amides is 1. The van der Waals surface area contributed by atoms with Crippen molar-refractivity contribution < 1.29 is 42.1 Å². The van der Waals surface area contributed by atoms with Gasteiger partial charge in [0.15, 0.2) is 29.5 Å². The molecule has 0 radical (unpaired) electrons. The first-order chi connectivity index (χ1) is 18.0. The van der Waals surface area contributed by atoms with E-state index in [4.69, 9.17) is 19.9 Å². The van der Waals surface area contributed by atoms with Gasteiger partial charge in [0, 0.05) is 17.5 Å². The van der Waals surface area contributed by atoms with Crippen molar-refractivity contribution in [2.45, 2.75) is 31.8 Å². The van der Waals surface area contributed by atoms with E-state index in [0.717, 1.165) is 0 Å². The summed E-state index contributed by atoms with van der Waals surface area (Å²) >= 11 is 0. The van der Waals surface area contributed by atoms with Gasteiger partial charge in [0.25, 0.3) is 12.3 Å². The van der Waals surface area contributed by atoms with Gasteiger partial charge in [-0.05, 0) is 67.4 Å². The summed E-state index contributed by atoms with van der Waals surface area (Å²) < 4.78 is 57.9. The van der Waals surface area contributed by atoms with Crippen LogP contribution in [0.5, 0.6) is 17.2 Å². The van der Waals surface area contributed by atoms with Crippen molar-refractivity contribution in [3.8, 4) is 28.5 Å². The van der Waals surface area contributed by atoms with Crippen molar-refractivity contribution in [2.75, 3.05) is 20.8 Å². The lowest BCUT2D eigenvalue weighted by atomic mass is 9.90. The van der Waals surface area contributed by atoms with E-state index in [1.807, 2.05) is 0 Å².